The minimum absolute atomic E-state index is 0.0483. The van der Waals surface area contributed by atoms with Gasteiger partial charge >= 0.3 is 11.9 Å². The molecule has 0 bridgehead atoms. The fourth-order valence-corrected chi connectivity index (χ4v) is 2.42. The summed E-state index contributed by atoms with van der Waals surface area (Å²) in [4.78, 5) is 27.5. The van der Waals surface area contributed by atoms with Gasteiger partial charge in [-0.05, 0) is 23.6 Å². The van der Waals surface area contributed by atoms with Crippen molar-refractivity contribution in [2.75, 3.05) is 0 Å². The summed E-state index contributed by atoms with van der Waals surface area (Å²) in [6.45, 7) is 1.37. The average Bonchev–Trinajstić information content (AvgIpc) is 3.19. The second kappa shape index (κ2) is 5.98. The molecule has 22 heavy (non-hydrogen) atoms. The zero-order valence-corrected chi connectivity index (χ0v) is 12.4. The highest BCUT2D eigenvalue weighted by atomic mass is 32.1. The first-order valence-electron chi connectivity index (χ1n) is 6.40. The number of nitrogens with zero attached hydrogens (tertiary/aromatic N) is 1. The van der Waals surface area contributed by atoms with Gasteiger partial charge < -0.3 is 13.9 Å². The monoisotopic (exact) mass is 317 g/mol. The standard InChI is InChI=1S/C15H11NO5S/c1-9(17)19-8-11-5-4-10(20-11)7-12-15(18)21-14(16-12)13-3-2-6-22-13/h2-7H,8H2,1H3/b12-7-. The van der Waals surface area contributed by atoms with Gasteiger partial charge in [-0.1, -0.05) is 6.07 Å². The van der Waals surface area contributed by atoms with Gasteiger partial charge in [0.1, 0.15) is 18.1 Å². The predicted octanol–water partition coefficient (Wildman–Crippen LogP) is 2.75. The molecule has 1 aliphatic rings. The van der Waals surface area contributed by atoms with Crippen molar-refractivity contribution in [3.05, 3.63) is 51.7 Å². The summed E-state index contributed by atoms with van der Waals surface area (Å²) in [7, 11) is 0. The van der Waals surface area contributed by atoms with Gasteiger partial charge in [0.2, 0.25) is 5.90 Å². The molecule has 1 aliphatic heterocycles. The van der Waals surface area contributed by atoms with E-state index in [1.807, 2.05) is 17.5 Å². The SMILES string of the molecule is CC(=O)OCc1ccc(/C=C2\N=C(c3cccs3)OC2=O)o1. The molecule has 0 unspecified atom stereocenters. The Labute approximate surface area is 129 Å². The van der Waals surface area contributed by atoms with Gasteiger partial charge in [-0.15, -0.1) is 11.3 Å². The average molecular weight is 317 g/mol. The molecule has 7 heteroatoms. The van der Waals surface area contributed by atoms with Gasteiger partial charge in [-0.3, -0.25) is 4.79 Å². The van der Waals surface area contributed by atoms with E-state index in [0.717, 1.165) is 4.88 Å². The van der Waals surface area contributed by atoms with E-state index in [-0.39, 0.29) is 24.2 Å². The van der Waals surface area contributed by atoms with Gasteiger partial charge in [-0.2, -0.15) is 0 Å². The Morgan fingerprint density at radius 1 is 1.41 bits per heavy atom. The van der Waals surface area contributed by atoms with E-state index in [1.165, 1.54) is 24.3 Å². The summed E-state index contributed by atoms with van der Waals surface area (Å²) in [6, 6.07) is 7.01. The molecule has 2 aromatic heterocycles. The highest BCUT2D eigenvalue weighted by molar-refractivity contribution is 7.12. The van der Waals surface area contributed by atoms with Gasteiger partial charge in [0.05, 0.1) is 4.88 Å². The molecule has 0 spiro atoms. The van der Waals surface area contributed by atoms with Crippen LogP contribution in [-0.2, 0) is 25.7 Å². The van der Waals surface area contributed by atoms with Crippen LogP contribution in [0.2, 0.25) is 0 Å². The van der Waals surface area contributed by atoms with E-state index < -0.39 is 5.97 Å². The van der Waals surface area contributed by atoms with Crippen LogP contribution in [0.4, 0.5) is 0 Å². The summed E-state index contributed by atoms with van der Waals surface area (Å²) >= 11 is 1.44. The molecule has 0 aliphatic carbocycles. The van der Waals surface area contributed by atoms with Gasteiger partial charge in [0, 0.05) is 13.0 Å². The number of aliphatic imine (C=N–C) groups is 1. The highest BCUT2D eigenvalue weighted by Gasteiger charge is 2.25. The molecule has 0 saturated carbocycles. The highest BCUT2D eigenvalue weighted by Crippen LogP contribution is 2.22. The Kier molecular flexibility index (Phi) is 3.88. The molecule has 6 nitrogen and oxygen atoms in total. The maximum Gasteiger partial charge on any atom is 0.363 e. The number of furan rings is 1. The molecule has 0 saturated heterocycles. The number of carbonyl (C=O) groups excluding carboxylic acids is 2. The molecule has 0 N–H and O–H groups in total. The minimum atomic E-state index is -0.527. The molecule has 0 atom stereocenters. The topological polar surface area (TPSA) is 78.1 Å². The van der Waals surface area contributed by atoms with Crippen molar-refractivity contribution in [1.29, 1.82) is 0 Å². The molecule has 112 valence electrons. The van der Waals surface area contributed by atoms with Crippen LogP contribution in [0.1, 0.15) is 23.3 Å². The first-order valence-corrected chi connectivity index (χ1v) is 7.28. The van der Waals surface area contributed by atoms with Crippen LogP contribution >= 0.6 is 11.3 Å². The lowest BCUT2D eigenvalue weighted by Crippen LogP contribution is -2.03. The van der Waals surface area contributed by atoms with Crippen LogP contribution in [0.15, 0.2) is 44.8 Å². The Balaban J connectivity index is 1.77. The molecule has 2 aromatic rings. The van der Waals surface area contributed by atoms with Crippen LogP contribution in [-0.4, -0.2) is 17.8 Å². The van der Waals surface area contributed by atoms with Gasteiger partial charge in [-0.25, -0.2) is 9.79 Å². The number of carbonyl (C=O) groups is 2. The van der Waals surface area contributed by atoms with Gasteiger partial charge in [0.15, 0.2) is 5.70 Å². The van der Waals surface area contributed by atoms with Crippen LogP contribution in [0.5, 0.6) is 0 Å². The molecule has 3 heterocycles. The van der Waals surface area contributed by atoms with Crippen molar-refractivity contribution >= 4 is 35.2 Å². The number of esters is 2. The second-order valence-electron chi connectivity index (χ2n) is 4.40. The van der Waals surface area contributed by atoms with Crippen molar-refractivity contribution in [3.8, 4) is 0 Å². The number of hydrogen-bond donors (Lipinski definition) is 0. The predicted molar refractivity (Wildman–Crippen MR) is 79.1 cm³/mol. The van der Waals surface area contributed by atoms with E-state index in [9.17, 15) is 9.59 Å². The molecule has 0 radical (unpaired) electrons. The van der Waals surface area contributed by atoms with E-state index >= 15 is 0 Å². The molecule has 0 aromatic carbocycles. The Bertz CT molecular complexity index is 770. The maximum absolute atomic E-state index is 11.8. The summed E-state index contributed by atoms with van der Waals surface area (Å²) in [5, 5.41) is 1.88. The van der Waals surface area contributed by atoms with Crippen molar-refractivity contribution in [3.63, 3.8) is 0 Å². The van der Waals surface area contributed by atoms with Gasteiger partial charge in [0.25, 0.3) is 0 Å². The third kappa shape index (κ3) is 3.15. The molecular formula is C15H11NO5S. The number of rotatable bonds is 4. The molecule has 3 rings (SSSR count). The van der Waals surface area contributed by atoms with Crippen molar-refractivity contribution in [1.82, 2.24) is 0 Å². The number of thiophene rings is 1. The van der Waals surface area contributed by atoms with Crippen molar-refractivity contribution in [2.24, 2.45) is 4.99 Å². The Morgan fingerprint density at radius 3 is 3.00 bits per heavy atom. The Hall–Kier alpha value is -2.67. The summed E-state index contributed by atoms with van der Waals surface area (Å²) < 4.78 is 15.4. The van der Waals surface area contributed by atoms with Crippen LogP contribution < -0.4 is 0 Å². The lowest BCUT2D eigenvalue weighted by atomic mass is 10.3. The third-order valence-corrected chi connectivity index (χ3v) is 3.59. The molecule has 0 amide bonds. The summed E-state index contributed by atoms with van der Waals surface area (Å²) in [6.07, 6.45) is 1.49. The van der Waals surface area contributed by atoms with E-state index in [1.54, 1.807) is 12.1 Å². The minimum Gasteiger partial charge on any atom is -0.458 e. The molecule has 0 fully saturated rings. The zero-order chi connectivity index (χ0) is 15.5. The zero-order valence-electron chi connectivity index (χ0n) is 11.6. The third-order valence-electron chi connectivity index (χ3n) is 2.73. The van der Waals surface area contributed by atoms with E-state index in [0.29, 0.717) is 11.5 Å². The fourth-order valence-electron chi connectivity index (χ4n) is 1.77. The van der Waals surface area contributed by atoms with Crippen molar-refractivity contribution in [2.45, 2.75) is 13.5 Å². The summed E-state index contributed by atoms with van der Waals surface area (Å²) in [5.74, 6) is 0.293. The lowest BCUT2D eigenvalue weighted by molar-refractivity contribution is -0.142. The number of ether oxygens (including phenoxy) is 2. The first kappa shape index (κ1) is 14.3. The summed E-state index contributed by atoms with van der Waals surface area (Å²) in [5.41, 5.74) is 0.164. The first-order chi connectivity index (χ1) is 10.6. The van der Waals surface area contributed by atoms with Crippen LogP contribution in [0.3, 0.4) is 0 Å². The van der Waals surface area contributed by atoms with Crippen molar-refractivity contribution < 1.29 is 23.5 Å². The molecular weight excluding hydrogens is 306 g/mol. The van der Waals surface area contributed by atoms with E-state index in [2.05, 4.69) is 4.99 Å². The Morgan fingerprint density at radius 2 is 2.27 bits per heavy atom. The quantitative estimate of drug-likeness (QED) is 0.640. The largest absolute Gasteiger partial charge is 0.458 e. The lowest BCUT2D eigenvalue weighted by Gasteiger charge is -1.96. The number of cyclic esters (lactones) is 1. The van der Waals surface area contributed by atoms with Crippen LogP contribution in [0.25, 0.3) is 6.08 Å². The normalized spacial score (nSPS) is 15.8. The van der Waals surface area contributed by atoms with Crippen LogP contribution in [0, 0.1) is 0 Å². The van der Waals surface area contributed by atoms with E-state index in [4.69, 9.17) is 13.9 Å². The smallest absolute Gasteiger partial charge is 0.363 e. The number of hydrogen-bond acceptors (Lipinski definition) is 7. The maximum atomic E-state index is 11.8. The second-order valence-corrected chi connectivity index (χ2v) is 5.35. The fraction of sp³-hybridized carbons (Fsp3) is 0.133.